The Hall–Kier alpha value is -0.910. The first-order valence-electron chi connectivity index (χ1n) is 5.70. The molecule has 1 aromatic carbocycles. The monoisotopic (exact) mass is 254 g/mol. The van der Waals surface area contributed by atoms with Crippen LogP contribution in [0.3, 0.4) is 0 Å². The number of rotatable bonds is 4. The van der Waals surface area contributed by atoms with Gasteiger partial charge >= 0.3 is 0 Å². The van der Waals surface area contributed by atoms with Crippen LogP contribution in [0.5, 0.6) is 0 Å². The summed E-state index contributed by atoms with van der Waals surface area (Å²) in [6.45, 7) is 2.56. The zero-order valence-corrected chi connectivity index (χ0v) is 11.0. The van der Waals surface area contributed by atoms with Gasteiger partial charge in [0.25, 0.3) is 0 Å². The lowest BCUT2D eigenvalue weighted by Crippen LogP contribution is -2.49. The van der Waals surface area contributed by atoms with E-state index in [0.717, 1.165) is 13.1 Å². The SMILES string of the molecule is CN1CC(CN(C)S(=O)(=O)c2ccccc2)C1. The van der Waals surface area contributed by atoms with Crippen molar-refractivity contribution in [3.05, 3.63) is 30.3 Å². The molecule has 0 aliphatic carbocycles. The molecule has 0 N–H and O–H groups in total. The highest BCUT2D eigenvalue weighted by Gasteiger charge is 2.29. The second-order valence-corrected chi connectivity index (χ2v) is 6.73. The molecule has 0 spiro atoms. The van der Waals surface area contributed by atoms with Gasteiger partial charge in [-0.05, 0) is 25.1 Å². The van der Waals surface area contributed by atoms with Crippen molar-refractivity contribution in [3.63, 3.8) is 0 Å². The van der Waals surface area contributed by atoms with Crippen LogP contribution < -0.4 is 0 Å². The average Bonchev–Trinajstić information content (AvgIpc) is 2.28. The number of hydrogen-bond donors (Lipinski definition) is 0. The number of likely N-dealkylation sites (tertiary alicyclic amines) is 1. The molecule has 17 heavy (non-hydrogen) atoms. The molecule has 0 radical (unpaired) electrons. The zero-order valence-electron chi connectivity index (χ0n) is 10.2. The molecule has 1 heterocycles. The minimum Gasteiger partial charge on any atom is -0.306 e. The Labute approximate surface area is 103 Å². The normalized spacial score (nSPS) is 18.3. The minimum atomic E-state index is -3.31. The molecule has 1 saturated heterocycles. The lowest BCUT2D eigenvalue weighted by Gasteiger charge is -2.38. The molecule has 0 aromatic heterocycles. The largest absolute Gasteiger partial charge is 0.306 e. The van der Waals surface area contributed by atoms with Gasteiger partial charge in [-0.2, -0.15) is 0 Å². The fraction of sp³-hybridized carbons (Fsp3) is 0.500. The molecule has 1 aliphatic rings. The molecule has 1 aromatic rings. The third kappa shape index (κ3) is 2.68. The van der Waals surface area contributed by atoms with Crippen molar-refractivity contribution in [2.24, 2.45) is 5.92 Å². The Kier molecular flexibility index (Phi) is 3.51. The van der Waals surface area contributed by atoms with Gasteiger partial charge in [0, 0.05) is 26.7 Å². The number of hydrogen-bond acceptors (Lipinski definition) is 3. The van der Waals surface area contributed by atoms with Crippen LogP contribution in [-0.4, -0.2) is 51.4 Å². The summed E-state index contributed by atoms with van der Waals surface area (Å²) < 4.78 is 25.9. The summed E-state index contributed by atoms with van der Waals surface area (Å²) in [5, 5.41) is 0. The van der Waals surface area contributed by atoms with E-state index in [2.05, 4.69) is 4.90 Å². The first-order valence-corrected chi connectivity index (χ1v) is 7.14. The fourth-order valence-electron chi connectivity index (χ4n) is 2.18. The molecule has 0 unspecified atom stereocenters. The molecular formula is C12H18N2O2S. The molecule has 0 atom stereocenters. The molecule has 0 bridgehead atoms. The van der Waals surface area contributed by atoms with Crippen LogP contribution in [0.1, 0.15) is 0 Å². The van der Waals surface area contributed by atoms with Gasteiger partial charge in [-0.3, -0.25) is 0 Å². The molecule has 0 saturated carbocycles. The standard InChI is InChI=1S/C12H18N2O2S/c1-13-8-11(9-13)10-14(2)17(15,16)12-6-4-3-5-7-12/h3-7,11H,8-10H2,1-2H3. The predicted molar refractivity (Wildman–Crippen MR) is 67.2 cm³/mol. The van der Waals surface area contributed by atoms with Crippen LogP contribution in [0, 0.1) is 5.92 Å². The molecule has 5 heteroatoms. The predicted octanol–water partition coefficient (Wildman–Crippen LogP) is 0.869. The van der Waals surface area contributed by atoms with Gasteiger partial charge < -0.3 is 4.90 Å². The van der Waals surface area contributed by atoms with E-state index in [1.807, 2.05) is 13.1 Å². The van der Waals surface area contributed by atoms with Gasteiger partial charge in [-0.15, -0.1) is 0 Å². The van der Waals surface area contributed by atoms with E-state index in [-0.39, 0.29) is 0 Å². The summed E-state index contributed by atoms with van der Waals surface area (Å²) in [5.41, 5.74) is 0. The van der Waals surface area contributed by atoms with Gasteiger partial charge in [0.05, 0.1) is 4.90 Å². The topological polar surface area (TPSA) is 40.6 Å². The van der Waals surface area contributed by atoms with Crippen LogP contribution in [0.25, 0.3) is 0 Å². The Balaban J connectivity index is 2.05. The summed E-state index contributed by atoms with van der Waals surface area (Å²) in [4.78, 5) is 2.56. The van der Waals surface area contributed by atoms with E-state index in [9.17, 15) is 8.42 Å². The Morgan fingerprint density at radius 1 is 1.29 bits per heavy atom. The maximum Gasteiger partial charge on any atom is 0.242 e. The van der Waals surface area contributed by atoms with Crippen LogP contribution in [0.4, 0.5) is 0 Å². The van der Waals surface area contributed by atoms with E-state index in [1.54, 1.807) is 31.3 Å². The lowest BCUT2D eigenvalue weighted by atomic mass is 10.0. The summed E-state index contributed by atoms with van der Waals surface area (Å²) >= 11 is 0. The molecule has 1 fully saturated rings. The molecule has 94 valence electrons. The highest BCUT2D eigenvalue weighted by Crippen LogP contribution is 2.19. The summed E-state index contributed by atoms with van der Waals surface area (Å²) in [6.07, 6.45) is 0. The first kappa shape index (κ1) is 12.5. The van der Waals surface area contributed by atoms with Crippen molar-refractivity contribution in [1.82, 2.24) is 9.21 Å². The summed E-state index contributed by atoms with van der Waals surface area (Å²) in [6, 6.07) is 8.59. The van der Waals surface area contributed by atoms with Crippen LogP contribution in [0.15, 0.2) is 35.2 Å². The first-order chi connectivity index (χ1) is 8.00. The van der Waals surface area contributed by atoms with Gasteiger partial charge in [-0.25, -0.2) is 12.7 Å². The summed E-state index contributed by atoms with van der Waals surface area (Å²) in [5.74, 6) is 0.462. The fourth-order valence-corrected chi connectivity index (χ4v) is 3.45. The third-order valence-corrected chi connectivity index (χ3v) is 4.94. The van der Waals surface area contributed by atoms with Crippen LogP contribution >= 0.6 is 0 Å². The van der Waals surface area contributed by atoms with Crippen molar-refractivity contribution in [2.45, 2.75) is 4.90 Å². The molecular weight excluding hydrogens is 236 g/mol. The minimum absolute atomic E-state index is 0.371. The van der Waals surface area contributed by atoms with E-state index >= 15 is 0 Å². The highest BCUT2D eigenvalue weighted by atomic mass is 32.2. The summed E-state index contributed by atoms with van der Waals surface area (Å²) in [7, 11) is 0.384. The van der Waals surface area contributed by atoms with Crippen molar-refractivity contribution in [3.8, 4) is 0 Å². The van der Waals surface area contributed by atoms with Gasteiger partial charge in [-0.1, -0.05) is 18.2 Å². The third-order valence-electron chi connectivity index (χ3n) is 3.11. The molecule has 1 aliphatic heterocycles. The Bertz CT molecular complexity index is 467. The van der Waals surface area contributed by atoms with Crippen molar-refractivity contribution in [2.75, 3.05) is 33.7 Å². The van der Waals surface area contributed by atoms with Crippen molar-refractivity contribution in [1.29, 1.82) is 0 Å². The number of benzene rings is 1. The van der Waals surface area contributed by atoms with Gasteiger partial charge in [0.15, 0.2) is 0 Å². The molecule has 2 rings (SSSR count). The van der Waals surface area contributed by atoms with E-state index in [4.69, 9.17) is 0 Å². The van der Waals surface area contributed by atoms with E-state index in [1.165, 1.54) is 4.31 Å². The quantitative estimate of drug-likeness (QED) is 0.800. The van der Waals surface area contributed by atoms with E-state index < -0.39 is 10.0 Å². The maximum absolute atomic E-state index is 12.2. The second kappa shape index (κ2) is 4.76. The number of nitrogens with zero attached hydrogens (tertiary/aromatic N) is 2. The Morgan fingerprint density at radius 2 is 1.88 bits per heavy atom. The average molecular weight is 254 g/mol. The number of sulfonamides is 1. The van der Waals surface area contributed by atoms with Crippen molar-refractivity contribution >= 4 is 10.0 Å². The zero-order chi connectivity index (χ0) is 12.5. The Morgan fingerprint density at radius 3 is 2.41 bits per heavy atom. The smallest absolute Gasteiger partial charge is 0.242 e. The highest BCUT2D eigenvalue weighted by molar-refractivity contribution is 7.89. The van der Waals surface area contributed by atoms with Gasteiger partial charge in [0.2, 0.25) is 10.0 Å². The lowest BCUT2D eigenvalue weighted by molar-refractivity contribution is 0.119. The maximum atomic E-state index is 12.2. The van der Waals surface area contributed by atoms with Crippen LogP contribution in [0.2, 0.25) is 0 Å². The van der Waals surface area contributed by atoms with Crippen LogP contribution in [-0.2, 0) is 10.0 Å². The molecule has 0 amide bonds. The van der Waals surface area contributed by atoms with Gasteiger partial charge in [0.1, 0.15) is 0 Å². The second-order valence-electron chi connectivity index (χ2n) is 4.69. The van der Waals surface area contributed by atoms with E-state index in [0.29, 0.717) is 17.4 Å². The van der Waals surface area contributed by atoms with Crippen molar-refractivity contribution < 1.29 is 8.42 Å². The molecule has 4 nitrogen and oxygen atoms in total.